The van der Waals surface area contributed by atoms with Gasteiger partial charge in [0.25, 0.3) is 5.91 Å². The van der Waals surface area contributed by atoms with E-state index in [1.54, 1.807) is 26.4 Å². The second-order valence-corrected chi connectivity index (χ2v) is 5.43. The average Bonchev–Trinajstić information content (AvgIpc) is 2.98. The first-order valence-electron chi connectivity index (χ1n) is 7.56. The topological polar surface area (TPSA) is 76.2 Å². The molecule has 3 aromatic rings. The van der Waals surface area contributed by atoms with Crippen molar-refractivity contribution in [2.75, 3.05) is 14.2 Å². The molecular formula is C18H19N3O3. The van der Waals surface area contributed by atoms with E-state index in [-0.39, 0.29) is 5.91 Å². The van der Waals surface area contributed by atoms with Crippen LogP contribution in [-0.4, -0.2) is 30.1 Å². The Morgan fingerprint density at radius 1 is 1.12 bits per heavy atom. The number of fused-ring (bicyclic) bond motifs is 1. The fourth-order valence-electron chi connectivity index (χ4n) is 2.55. The van der Waals surface area contributed by atoms with Crippen molar-refractivity contribution in [2.45, 2.75) is 13.5 Å². The number of amides is 1. The Morgan fingerprint density at radius 3 is 2.67 bits per heavy atom. The van der Waals surface area contributed by atoms with Gasteiger partial charge in [-0.15, -0.1) is 0 Å². The maximum Gasteiger partial charge on any atom is 0.251 e. The van der Waals surface area contributed by atoms with Gasteiger partial charge in [-0.05, 0) is 42.8 Å². The third-order valence-electron chi connectivity index (χ3n) is 3.76. The number of aromatic amines is 1. The molecule has 0 atom stereocenters. The van der Waals surface area contributed by atoms with E-state index in [0.717, 1.165) is 22.4 Å². The molecule has 1 heterocycles. The van der Waals surface area contributed by atoms with E-state index in [9.17, 15) is 4.79 Å². The van der Waals surface area contributed by atoms with Crippen LogP contribution in [0.1, 0.15) is 21.7 Å². The molecule has 1 amide bonds. The highest BCUT2D eigenvalue weighted by molar-refractivity contribution is 5.97. The van der Waals surface area contributed by atoms with Crippen LogP contribution >= 0.6 is 0 Å². The predicted molar refractivity (Wildman–Crippen MR) is 91.5 cm³/mol. The Morgan fingerprint density at radius 2 is 1.92 bits per heavy atom. The van der Waals surface area contributed by atoms with Crippen molar-refractivity contribution in [2.24, 2.45) is 0 Å². The number of ether oxygens (including phenoxy) is 2. The van der Waals surface area contributed by atoms with Crippen LogP contribution in [0.5, 0.6) is 11.5 Å². The second-order valence-electron chi connectivity index (χ2n) is 5.43. The summed E-state index contributed by atoms with van der Waals surface area (Å²) in [6, 6.07) is 11.0. The van der Waals surface area contributed by atoms with Crippen LogP contribution in [-0.2, 0) is 6.54 Å². The first kappa shape index (κ1) is 15.9. The normalized spacial score (nSPS) is 10.6. The van der Waals surface area contributed by atoms with Crippen LogP contribution in [0.4, 0.5) is 0 Å². The van der Waals surface area contributed by atoms with Gasteiger partial charge in [-0.1, -0.05) is 6.07 Å². The maximum atomic E-state index is 12.3. The number of imidazole rings is 1. The molecule has 0 unspecified atom stereocenters. The summed E-state index contributed by atoms with van der Waals surface area (Å²) in [5.41, 5.74) is 3.22. The summed E-state index contributed by atoms with van der Waals surface area (Å²) in [5, 5.41) is 2.91. The molecule has 124 valence electrons. The number of nitrogens with zero attached hydrogens (tertiary/aromatic N) is 1. The Labute approximate surface area is 139 Å². The summed E-state index contributed by atoms with van der Waals surface area (Å²) in [6.45, 7) is 2.29. The molecule has 0 aliphatic carbocycles. The predicted octanol–water partition coefficient (Wildman–Crippen LogP) is 2.82. The van der Waals surface area contributed by atoms with Crippen LogP contribution in [0, 0.1) is 6.92 Å². The fraction of sp³-hybridized carbons (Fsp3) is 0.222. The van der Waals surface area contributed by atoms with Crippen LogP contribution in [0.2, 0.25) is 0 Å². The number of hydrogen-bond donors (Lipinski definition) is 2. The highest BCUT2D eigenvalue weighted by Crippen LogP contribution is 2.27. The lowest BCUT2D eigenvalue weighted by molar-refractivity contribution is 0.0951. The van der Waals surface area contributed by atoms with E-state index in [1.807, 2.05) is 31.2 Å². The number of methoxy groups -OCH3 is 2. The van der Waals surface area contributed by atoms with Crippen molar-refractivity contribution < 1.29 is 14.3 Å². The number of carbonyl (C=O) groups is 1. The first-order valence-corrected chi connectivity index (χ1v) is 7.56. The van der Waals surface area contributed by atoms with Gasteiger partial charge in [0.05, 0.1) is 25.3 Å². The molecule has 0 saturated heterocycles. The number of nitrogens with one attached hydrogen (secondary N) is 2. The van der Waals surface area contributed by atoms with E-state index in [1.165, 1.54) is 0 Å². The minimum Gasteiger partial charge on any atom is -0.493 e. The molecule has 0 spiro atoms. The van der Waals surface area contributed by atoms with E-state index in [0.29, 0.717) is 23.6 Å². The number of benzene rings is 2. The van der Waals surface area contributed by atoms with E-state index >= 15 is 0 Å². The maximum absolute atomic E-state index is 12.3. The van der Waals surface area contributed by atoms with Crippen LogP contribution < -0.4 is 14.8 Å². The van der Waals surface area contributed by atoms with E-state index in [4.69, 9.17) is 9.47 Å². The van der Waals surface area contributed by atoms with Gasteiger partial charge < -0.3 is 19.8 Å². The van der Waals surface area contributed by atoms with Gasteiger partial charge >= 0.3 is 0 Å². The van der Waals surface area contributed by atoms with E-state index in [2.05, 4.69) is 15.3 Å². The lowest BCUT2D eigenvalue weighted by Gasteiger charge is -2.10. The minimum atomic E-state index is -0.140. The Balaban J connectivity index is 1.72. The number of carbonyl (C=O) groups excluding carboxylic acids is 1. The van der Waals surface area contributed by atoms with Gasteiger partial charge in [-0.25, -0.2) is 4.98 Å². The quantitative estimate of drug-likeness (QED) is 0.756. The van der Waals surface area contributed by atoms with Crippen molar-refractivity contribution >= 4 is 16.9 Å². The summed E-state index contributed by atoms with van der Waals surface area (Å²) in [7, 11) is 3.18. The van der Waals surface area contributed by atoms with Crippen LogP contribution in [0.25, 0.3) is 11.0 Å². The monoisotopic (exact) mass is 325 g/mol. The third-order valence-corrected chi connectivity index (χ3v) is 3.76. The Kier molecular flexibility index (Phi) is 4.37. The summed E-state index contributed by atoms with van der Waals surface area (Å²) < 4.78 is 10.5. The highest BCUT2D eigenvalue weighted by Gasteiger charge is 2.09. The summed E-state index contributed by atoms with van der Waals surface area (Å²) in [6.07, 6.45) is 0. The Hall–Kier alpha value is -3.02. The molecule has 0 saturated carbocycles. The standard InChI is InChI=1S/C18H19N3O3/c1-11-20-14-6-5-13(9-15(14)21-11)18(22)19-10-12-4-7-16(23-2)17(8-12)24-3/h4-9H,10H2,1-3H3,(H,19,22)(H,20,21). The lowest BCUT2D eigenvalue weighted by Crippen LogP contribution is -2.22. The molecular weight excluding hydrogens is 306 g/mol. The fourth-order valence-corrected chi connectivity index (χ4v) is 2.55. The zero-order valence-electron chi connectivity index (χ0n) is 13.8. The van der Waals surface area contributed by atoms with Crippen molar-refractivity contribution in [3.8, 4) is 11.5 Å². The molecule has 6 heteroatoms. The summed E-state index contributed by atoms with van der Waals surface area (Å²) >= 11 is 0. The largest absolute Gasteiger partial charge is 0.493 e. The van der Waals surface area contributed by atoms with Gasteiger partial charge in [0.1, 0.15) is 5.82 Å². The van der Waals surface area contributed by atoms with Crippen molar-refractivity contribution in [3.63, 3.8) is 0 Å². The van der Waals surface area contributed by atoms with Gasteiger partial charge in [0.2, 0.25) is 0 Å². The average molecular weight is 325 g/mol. The summed E-state index contributed by atoms with van der Waals surface area (Å²) in [4.78, 5) is 19.8. The molecule has 1 aromatic heterocycles. The van der Waals surface area contributed by atoms with Crippen LogP contribution in [0.3, 0.4) is 0 Å². The zero-order chi connectivity index (χ0) is 17.1. The number of H-pyrrole nitrogens is 1. The van der Waals surface area contributed by atoms with Crippen molar-refractivity contribution in [1.82, 2.24) is 15.3 Å². The first-order chi connectivity index (χ1) is 11.6. The summed E-state index contributed by atoms with van der Waals surface area (Å²) in [5.74, 6) is 1.98. The second kappa shape index (κ2) is 6.62. The molecule has 6 nitrogen and oxygen atoms in total. The SMILES string of the molecule is COc1ccc(CNC(=O)c2ccc3nc(C)[nH]c3c2)cc1OC. The highest BCUT2D eigenvalue weighted by atomic mass is 16.5. The van der Waals surface area contributed by atoms with Crippen molar-refractivity contribution in [3.05, 3.63) is 53.3 Å². The molecule has 0 fully saturated rings. The van der Waals surface area contributed by atoms with Gasteiger partial charge in [0.15, 0.2) is 11.5 Å². The number of aryl methyl sites for hydroxylation is 1. The molecule has 24 heavy (non-hydrogen) atoms. The number of aromatic nitrogens is 2. The Bertz CT molecular complexity index is 886. The molecule has 2 N–H and O–H groups in total. The number of hydrogen-bond acceptors (Lipinski definition) is 4. The molecule has 0 aliphatic rings. The van der Waals surface area contributed by atoms with Gasteiger partial charge in [0, 0.05) is 12.1 Å². The molecule has 0 radical (unpaired) electrons. The van der Waals surface area contributed by atoms with Crippen molar-refractivity contribution in [1.29, 1.82) is 0 Å². The smallest absolute Gasteiger partial charge is 0.251 e. The zero-order valence-corrected chi connectivity index (χ0v) is 13.8. The molecule has 3 rings (SSSR count). The molecule has 0 aliphatic heterocycles. The van der Waals surface area contributed by atoms with Crippen LogP contribution in [0.15, 0.2) is 36.4 Å². The molecule has 0 bridgehead atoms. The van der Waals surface area contributed by atoms with Gasteiger partial charge in [-0.3, -0.25) is 4.79 Å². The number of rotatable bonds is 5. The van der Waals surface area contributed by atoms with Gasteiger partial charge in [-0.2, -0.15) is 0 Å². The lowest BCUT2D eigenvalue weighted by atomic mass is 10.1. The third kappa shape index (κ3) is 3.17. The molecule has 2 aromatic carbocycles. The van der Waals surface area contributed by atoms with E-state index < -0.39 is 0 Å². The minimum absolute atomic E-state index is 0.140.